The zero-order valence-electron chi connectivity index (χ0n) is 13.2. The van der Waals surface area contributed by atoms with Crippen molar-refractivity contribution >= 4 is 29.9 Å². The van der Waals surface area contributed by atoms with Gasteiger partial charge in [0, 0.05) is 17.0 Å². The molecule has 1 aromatic rings. The molecule has 0 aromatic heterocycles. The number of hydrogen-bond acceptors (Lipinski definition) is 2. The van der Waals surface area contributed by atoms with Gasteiger partial charge in [-0.25, -0.2) is 0 Å². The van der Waals surface area contributed by atoms with E-state index in [1.54, 1.807) is 0 Å². The number of amides is 1. The lowest BCUT2D eigenvalue weighted by Crippen LogP contribution is -2.47. The van der Waals surface area contributed by atoms with Crippen LogP contribution in [-0.2, 0) is 10.2 Å². The first-order valence-corrected chi connectivity index (χ1v) is 7.45. The predicted molar refractivity (Wildman–Crippen MR) is 92.2 cm³/mol. The maximum Gasteiger partial charge on any atom is 0.237 e. The number of halogens is 2. The minimum Gasteiger partial charge on any atom is -0.354 e. The van der Waals surface area contributed by atoms with Crippen LogP contribution in [0, 0.1) is 5.92 Å². The highest BCUT2D eigenvalue weighted by molar-refractivity contribution is 6.30. The smallest absolute Gasteiger partial charge is 0.237 e. The first-order chi connectivity index (χ1) is 9.27. The van der Waals surface area contributed by atoms with E-state index >= 15 is 0 Å². The average molecular weight is 333 g/mol. The average Bonchev–Trinajstić information content (AvgIpc) is 2.43. The van der Waals surface area contributed by atoms with Crippen LogP contribution in [-0.4, -0.2) is 18.5 Å². The van der Waals surface area contributed by atoms with Crippen LogP contribution in [0.25, 0.3) is 0 Å². The molecule has 1 rings (SSSR count). The number of benzene rings is 1. The molecule has 1 aromatic carbocycles. The van der Waals surface area contributed by atoms with Gasteiger partial charge in [0.15, 0.2) is 0 Å². The van der Waals surface area contributed by atoms with Crippen molar-refractivity contribution in [2.45, 2.75) is 45.6 Å². The van der Waals surface area contributed by atoms with Crippen LogP contribution < -0.4 is 11.1 Å². The molecule has 2 unspecified atom stereocenters. The summed E-state index contributed by atoms with van der Waals surface area (Å²) in [6.45, 7) is 8.76. The van der Waals surface area contributed by atoms with Crippen LogP contribution in [0.1, 0.15) is 39.7 Å². The molecular formula is C16H26Cl2N2O. The van der Waals surface area contributed by atoms with Crippen LogP contribution in [0.5, 0.6) is 0 Å². The Balaban J connectivity index is 0.00000400. The summed E-state index contributed by atoms with van der Waals surface area (Å²) in [6, 6.07) is 7.27. The van der Waals surface area contributed by atoms with Gasteiger partial charge in [0.2, 0.25) is 5.91 Å². The van der Waals surface area contributed by atoms with Crippen molar-refractivity contribution in [3.63, 3.8) is 0 Å². The Bertz CT molecular complexity index is 446. The standard InChI is InChI=1S/C16H25ClN2O.ClH/c1-5-11(2)14(18)15(20)19-10-16(3,4)12-6-8-13(17)9-7-12;/h6-9,11,14H,5,10,18H2,1-4H3,(H,19,20);1H. The Kier molecular flexibility index (Phi) is 8.30. The summed E-state index contributed by atoms with van der Waals surface area (Å²) >= 11 is 5.90. The molecule has 0 saturated carbocycles. The van der Waals surface area contributed by atoms with Gasteiger partial charge in [-0.2, -0.15) is 0 Å². The summed E-state index contributed by atoms with van der Waals surface area (Å²) in [4.78, 5) is 12.0. The second-order valence-corrected chi connectivity index (χ2v) is 6.46. The van der Waals surface area contributed by atoms with Gasteiger partial charge in [-0.3, -0.25) is 4.79 Å². The molecule has 1 amide bonds. The number of carbonyl (C=O) groups is 1. The lowest BCUT2D eigenvalue weighted by molar-refractivity contribution is -0.123. The van der Waals surface area contributed by atoms with Gasteiger partial charge in [-0.05, 0) is 23.6 Å². The van der Waals surface area contributed by atoms with Crippen molar-refractivity contribution in [1.82, 2.24) is 5.32 Å². The molecule has 0 bridgehead atoms. The highest BCUT2D eigenvalue weighted by Crippen LogP contribution is 2.23. The van der Waals surface area contributed by atoms with Gasteiger partial charge in [-0.1, -0.05) is 57.8 Å². The van der Waals surface area contributed by atoms with Gasteiger partial charge >= 0.3 is 0 Å². The normalized spacial score (nSPS) is 14.0. The van der Waals surface area contributed by atoms with Gasteiger partial charge in [0.1, 0.15) is 0 Å². The Labute approximate surface area is 139 Å². The SMILES string of the molecule is CCC(C)C(N)C(=O)NCC(C)(C)c1ccc(Cl)cc1.Cl. The fourth-order valence-corrected chi connectivity index (χ4v) is 2.07. The third-order valence-corrected chi connectivity index (χ3v) is 4.14. The van der Waals surface area contributed by atoms with E-state index in [9.17, 15) is 4.79 Å². The third kappa shape index (κ3) is 5.85. The van der Waals surface area contributed by atoms with Crippen molar-refractivity contribution < 1.29 is 4.79 Å². The Hall–Kier alpha value is -0.770. The van der Waals surface area contributed by atoms with E-state index in [0.29, 0.717) is 11.6 Å². The minimum absolute atomic E-state index is 0. The number of hydrogen-bond donors (Lipinski definition) is 2. The third-order valence-electron chi connectivity index (χ3n) is 3.89. The first kappa shape index (κ1) is 20.2. The fraction of sp³-hybridized carbons (Fsp3) is 0.562. The minimum atomic E-state index is -0.444. The van der Waals surface area contributed by atoms with E-state index < -0.39 is 6.04 Å². The van der Waals surface area contributed by atoms with Crippen LogP contribution in [0.2, 0.25) is 5.02 Å². The second-order valence-electron chi connectivity index (χ2n) is 6.02. The quantitative estimate of drug-likeness (QED) is 0.837. The topological polar surface area (TPSA) is 55.1 Å². The van der Waals surface area contributed by atoms with Gasteiger partial charge < -0.3 is 11.1 Å². The second kappa shape index (κ2) is 8.62. The highest BCUT2D eigenvalue weighted by Gasteiger charge is 2.24. The van der Waals surface area contributed by atoms with Crippen LogP contribution in [0.4, 0.5) is 0 Å². The van der Waals surface area contributed by atoms with Crippen LogP contribution in [0.15, 0.2) is 24.3 Å². The Morgan fingerprint density at radius 1 is 1.33 bits per heavy atom. The molecule has 0 aliphatic carbocycles. The molecular weight excluding hydrogens is 307 g/mol. The molecule has 0 aliphatic rings. The molecule has 0 heterocycles. The molecule has 3 N–H and O–H groups in total. The summed E-state index contributed by atoms with van der Waals surface area (Å²) in [6.07, 6.45) is 0.898. The maximum atomic E-state index is 12.0. The van der Waals surface area contributed by atoms with E-state index in [4.69, 9.17) is 17.3 Å². The molecule has 0 fully saturated rings. The summed E-state index contributed by atoms with van der Waals surface area (Å²) < 4.78 is 0. The number of carbonyl (C=O) groups excluding carboxylic acids is 1. The summed E-state index contributed by atoms with van der Waals surface area (Å²) in [5, 5.41) is 3.67. The highest BCUT2D eigenvalue weighted by atomic mass is 35.5. The van der Waals surface area contributed by atoms with Gasteiger partial charge in [-0.15, -0.1) is 12.4 Å². The number of rotatable bonds is 6. The van der Waals surface area contributed by atoms with Crippen molar-refractivity contribution in [3.8, 4) is 0 Å². The largest absolute Gasteiger partial charge is 0.354 e. The number of nitrogens with one attached hydrogen (secondary N) is 1. The molecule has 0 aliphatic heterocycles. The molecule has 5 heteroatoms. The number of nitrogens with two attached hydrogens (primary N) is 1. The molecule has 0 radical (unpaired) electrons. The van der Waals surface area contributed by atoms with Gasteiger partial charge in [0.25, 0.3) is 0 Å². The van der Waals surface area contributed by atoms with Crippen LogP contribution >= 0.6 is 24.0 Å². The van der Waals surface area contributed by atoms with E-state index in [1.165, 1.54) is 0 Å². The zero-order chi connectivity index (χ0) is 15.3. The van der Waals surface area contributed by atoms with E-state index in [2.05, 4.69) is 19.2 Å². The predicted octanol–water partition coefficient (Wildman–Crippen LogP) is 3.53. The van der Waals surface area contributed by atoms with Crippen molar-refractivity contribution in [2.24, 2.45) is 11.7 Å². The van der Waals surface area contributed by atoms with Gasteiger partial charge in [0.05, 0.1) is 6.04 Å². The Morgan fingerprint density at radius 2 is 1.86 bits per heavy atom. The lowest BCUT2D eigenvalue weighted by Gasteiger charge is -2.27. The molecule has 0 saturated heterocycles. The van der Waals surface area contributed by atoms with E-state index in [-0.39, 0.29) is 29.6 Å². The molecule has 120 valence electrons. The molecule has 21 heavy (non-hydrogen) atoms. The lowest BCUT2D eigenvalue weighted by atomic mass is 9.84. The van der Waals surface area contributed by atoms with Crippen molar-refractivity contribution in [2.75, 3.05) is 6.54 Å². The van der Waals surface area contributed by atoms with E-state index in [1.807, 2.05) is 38.1 Å². The summed E-state index contributed by atoms with van der Waals surface area (Å²) in [5.41, 5.74) is 6.91. The zero-order valence-corrected chi connectivity index (χ0v) is 14.7. The molecule has 3 nitrogen and oxygen atoms in total. The summed E-state index contributed by atoms with van der Waals surface area (Å²) in [5.74, 6) is 0.107. The van der Waals surface area contributed by atoms with Crippen molar-refractivity contribution in [1.29, 1.82) is 0 Å². The van der Waals surface area contributed by atoms with Crippen LogP contribution in [0.3, 0.4) is 0 Å². The molecule has 2 atom stereocenters. The summed E-state index contributed by atoms with van der Waals surface area (Å²) in [7, 11) is 0. The fourth-order valence-electron chi connectivity index (χ4n) is 1.94. The molecule has 0 spiro atoms. The first-order valence-electron chi connectivity index (χ1n) is 7.07. The Morgan fingerprint density at radius 3 is 2.33 bits per heavy atom. The van der Waals surface area contributed by atoms with E-state index in [0.717, 1.165) is 12.0 Å². The van der Waals surface area contributed by atoms with Crippen molar-refractivity contribution in [3.05, 3.63) is 34.9 Å². The maximum absolute atomic E-state index is 12.0. The monoisotopic (exact) mass is 332 g/mol.